The van der Waals surface area contributed by atoms with Crippen molar-refractivity contribution in [1.29, 1.82) is 0 Å². The van der Waals surface area contributed by atoms with Gasteiger partial charge in [0.2, 0.25) is 0 Å². The Labute approximate surface area is 99.8 Å². The van der Waals surface area contributed by atoms with Crippen LogP contribution in [0.15, 0.2) is 0 Å². The molecule has 0 atom stereocenters. The Hall–Kier alpha value is -0.0800. The Balaban J connectivity index is 1.59. The highest BCUT2D eigenvalue weighted by Crippen LogP contribution is 2.34. The molecule has 0 aromatic rings. The van der Waals surface area contributed by atoms with Crippen molar-refractivity contribution >= 4 is 0 Å². The molecule has 0 aliphatic heterocycles. The number of rotatable bonds is 6. The molecule has 0 heterocycles. The van der Waals surface area contributed by atoms with Crippen molar-refractivity contribution in [3.63, 3.8) is 0 Å². The summed E-state index contributed by atoms with van der Waals surface area (Å²) in [5.74, 6) is 1.87. The maximum absolute atomic E-state index is 10.4. The summed E-state index contributed by atoms with van der Waals surface area (Å²) in [6.45, 7) is 4.18. The van der Waals surface area contributed by atoms with E-state index in [1.54, 1.807) is 0 Å². The molecule has 2 rings (SSSR count). The van der Waals surface area contributed by atoms with E-state index in [1.807, 2.05) is 0 Å². The van der Waals surface area contributed by atoms with Crippen LogP contribution in [0.1, 0.15) is 58.3 Å². The molecular formula is C14H27NO. The Morgan fingerprint density at radius 3 is 2.38 bits per heavy atom. The Bertz CT molecular complexity index is 205. The van der Waals surface area contributed by atoms with Crippen LogP contribution in [0.4, 0.5) is 0 Å². The van der Waals surface area contributed by atoms with Crippen molar-refractivity contribution in [2.45, 2.75) is 63.9 Å². The van der Waals surface area contributed by atoms with Crippen LogP contribution in [0.25, 0.3) is 0 Å². The van der Waals surface area contributed by atoms with Crippen LogP contribution < -0.4 is 5.32 Å². The predicted octanol–water partition coefficient (Wildman–Crippen LogP) is 2.71. The first-order valence-electron chi connectivity index (χ1n) is 7.15. The molecule has 2 heteroatoms. The zero-order valence-corrected chi connectivity index (χ0v) is 10.7. The Morgan fingerprint density at radius 2 is 1.81 bits per heavy atom. The summed E-state index contributed by atoms with van der Waals surface area (Å²) >= 11 is 0. The summed E-state index contributed by atoms with van der Waals surface area (Å²) in [7, 11) is 0. The highest BCUT2D eigenvalue weighted by molar-refractivity contribution is 4.87. The summed E-state index contributed by atoms with van der Waals surface area (Å²) in [6.07, 6.45) is 9.91. The molecule has 2 aliphatic rings. The van der Waals surface area contributed by atoms with Gasteiger partial charge >= 0.3 is 0 Å². The van der Waals surface area contributed by atoms with E-state index in [-0.39, 0.29) is 0 Å². The fraction of sp³-hybridized carbons (Fsp3) is 1.00. The number of nitrogens with one attached hydrogen (secondary N) is 1. The van der Waals surface area contributed by atoms with Gasteiger partial charge in [0.1, 0.15) is 0 Å². The van der Waals surface area contributed by atoms with E-state index in [2.05, 4.69) is 12.2 Å². The second-order valence-electron chi connectivity index (χ2n) is 5.98. The van der Waals surface area contributed by atoms with Crippen molar-refractivity contribution in [1.82, 2.24) is 5.32 Å². The van der Waals surface area contributed by atoms with Gasteiger partial charge in [0, 0.05) is 6.54 Å². The van der Waals surface area contributed by atoms with Crippen molar-refractivity contribution in [2.75, 3.05) is 13.1 Å². The fourth-order valence-electron chi connectivity index (χ4n) is 2.83. The van der Waals surface area contributed by atoms with Gasteiger partial charge in [0.05, 0.1) is 5.60 Å². The third kappa shape index (κ3) is 3.74. The summed E-state index contributed by atoms with van der Waals surface area (Å²) in [4.78, 5) is 0. The molecule has 0 unspecified atom stereocenters. The molecule has 0 saturated heterocycles. The molecule has 0 spiro atoms. The lowest BCUT2D eigenvalue weighted by Gasteiger charge is -2.36. The second kappa shape index (κ2) is 5.50. The van der Waals surface area contributed by atoms with Crippen LogP contribution in [0.2, 0.25) is 0 Å². The van der Waals surface area contributed by atoms with Crippen molar-refractivity contribution in [2.24, 2.45) is 11.8 Å². The molecule has 0 amide bonds. The molecule has 2 N–H and O–H groups in total. The number of aliphatic hydroxyl groups is 1. The van der Waals surface area contributed by atoms with E-state index in [0.717, 1.165) is 37.8 Å². The van der Waals surface area contributed by atoms with E-state index < -0.39 is 5.60 Å². The first kappa shape index (κ1) is 12.4. The van der Waals surface area contributed by atoms with Crippen LogP contribution in [0.3, 0.4) is 0 Å². The van der Waals surface area contributed by atoms with Crippen LogP contribution in [0.5, 0.6) is 0 Å². The van der Waals surface area contributed by atoms with E-state index in [9.17, 15) is 5.11 Å². The van der Waals surface area contributed by atoms with Gasteiger partial charge in [-0.1, -0.05) is 26.2 Å². The van der Waals surface area contributed by atoms with E-state index in [0.29, 0.717) is 0 Å². The van der Waals surface area contributed by atoms with Crippen LogP contribution in [-0.2, 0) is 0 Å². The second-order valence-corrected chi connectivity index (χ2v) is 5.98. The maximum atomic E-state index is 10.4. The predicted molar refractivity (Wildman–Crippen MR) is 67.4 cm³/mol. The van der Waals surface area contributed by atoms with Gasteiger partial charge in [-0.15, -0.1) is 0 Å². The minimum atomic E-state index is -0.394. The van der Waals surface area contributed by atoms with Gasteiger partial charge in [0.25, 0.3) is 0 Å². The molecule has 2 nitrogen and oxygen atoms in total. The molecule has 2 saturated carbocycles. The van der Waals surface area contributed by atoms with E-state index in [1.165, 1.54) is 38.5 Å². The molecule has 2 fully saturated rings. The van der Waals surface area contributed by atoms with Crippen LogP contribution >= 0.6 is 0 Å². The highest BCUT2D eigenvalue weighted by Gasteiger charge is 2.32. The molecule has 0 radical (unpaired) electrons. The molecule has 16 heavy (non-hydrogen) atoms. The largest absolute Gasteiger partial charge is 0.389 e. The summed E-state index contributed by atoms with van der Waals surface area (Å²) in [6, 6.07) is 0. The summed E-state index contributed by atoms with van der Waals surface area (Å²) < 4.78 is 0. The zero-order valence-electron chi connectivity index (χ0n) is 10.7. The smallest absolute Gasteiger partial charge is 0.0771 e. The fourth-order valence-corrected chi connectivity index (χ4v) is 2.83. The Morgan fingerprint density at radius 1 is 1.12 bits per heavy atom. The summed E-state index contributed by atoms with van der Waals surface area (Å²) in [5.41, 5.74) is -0.394. The van der Waals surface area contributed by atoms with Gasteiger partial charge < -0.3 is 10.4 Å². The average Bonchev–Trinajstić information content (AvgIpc) is 3.10. The molecular weight excluding hydrogens is 198 g/mol. The van der Waals surface area contributed by atoms with Crippen LogP contribution in [0, 0.1) is 11.8 Å². The monoisotopic (exact) mass is 225 g/mol. The number of hydrogen-bond acceptors (Lipinski definition) is 2. The molecule has 94 valence electrons. The highest BCUT2D eigenvalue weighted by atomic mass is 16.3. The minimum absolute atomic E-state index is 0.394. The van der Waals surface area contributed by atoms with Crippen LogP contribution in [-0.4, -0.2) is 23.8 Å². The molecule has 2 aliphatic carbocycles. The molecule has 0 bridgehead atoms. The van der Waals surface area contributed by atoms with E-state index >= 15 is 0 Å². The quantitative estimate of drug-likeness (QED) is 0.681. The van der Waals surface area contributed by atoms with Crippen molar-refractivity contribution < 1.29 is 5.11 Å². The van der Waals surface area contributed by atoms with Gasteiger partial charge in [-0.2, -0.15) is 0 Å². The first-order valence-corrected chi connectivity index (χ1v) is 7.15. The molecule has 0 aromatic carbocycles. The maximum Gasteiger partial charge on any atom is 0.0771 e. The normalized spacial score (nSPS) is 35.2. The zero-order chi connectivity index (χ0) is 11.4. The standard InChI is InChI=1S/C14H27NO/c1-2-12-5-8-14(16,9-6-12)11-15-10-7-13-3-4-13/h12-13,15-16H,2-11H2,1H3. The van der Waals surface area contributed by atoms with Gasteiger partial charge in [-0.25, -0.2) is 0 Å². The summed E-state index contributed by atoms with van der Waals surface area (Å²) in [5, 5.41) is 13.9. The average molecular weight is 225 g/mol. The molecule has 0 aromatic heterocycles. The Kier molecular flexibility index (Phi) is 4.26. The lowest BCUT2D eigenvalue weighted by atomic mass is 9.78. The third-order valence-corrected chi connectivity index (χ3v) is 4.49. The lowest BCUT2D eigenvalue weighted by molar-refractivity contribution is -0.00851. The van der Waals surface area contributed by atoms with Gasteiger partial charge in [-0.05, 0) is 50.5 Å². The topological polar surface area (TPSA) is 32.3 Å². The van der Waals surface area contributed by atoms with Crippen molar-refractivity contribution in [3.05, 3.63) is 0 Å². The van der Waals surface area contributed by atoms with Gasteiger partial charge in [0.15, 0.2) is 0 Å². The third-order valence-electron chi connectivity index (χ3n) is 4.49. The SMILES string of the molecule is CCC1CCC(O)(CNCCC2CC2)CC1. The van der Waals surface area contributed by atoms with Crippen molar-refractivity contribution in [3.8, 4) is 0 Å². The van der Waals surface area contributed by atoms with Gasteiger partial charge in [-0.3, -0.25) is 0 Å². The number of hydrogen-bond donors (Lipinski definition) is 2. The first-order chi connectivity index (χ1) is 7.72. The minimum Gasteiger partial charge on any atom is -0.389 e. The van der Waals surface area contributed by atoms with E-state index in [4.69, 9.17) is 0 Å². The lowest BCUT2D eigenvalue weighted by Crippen LogP contribution is -2.43.